The first-order chi connectivity index (χ1) is 16.4. The lowest BCUT2D eigenvalue weighted by Gasteiger charge is -2.05. The van der Waals surface area contributed by atoms with Crippen LogP contribution in [0.5, 0.6) is 0 Å². The van der Waals surface area contributed by atoms with E-state index in [-0.39, 0.29) is 4.90 Å². The van der Waals surface area contributed by atoms with Crippen molar-refractivity contribution in [1.82, 2.24) is 19.9 Å². The highest BCUT2D eigenvalue weighted by molar-refractivity contribution is 7.89. The Morgan fingerprint density at radius 3 is 2.29 bits per heavy atom. The first-order valence-corrected chi connectivity index (χ1v) is 12.0. The van der Waals surface area contributed by atoms with E-state index >= 15 is 0 Å². The van der Waals surface area contributed by atoms with Crippen LogP contribution in [-0.4, -0.2) is 36.9 Å². The van der Waals surface area contributed by atoms with E-state index in [0.29, 0.717) is 11.3 Å². The van der Waals surface area contributed by atoms with Crippen LogP contribution in [0.4, 0.5) is 0 Å². The molecule has 172 valence electrons. The smallest absolute Gasteiger partial charge is 0.255 e. The van der Waals surface area contributed by atoms with Gasteiger partial charge in [-0.1, -0.05) is 66.2 Å². The highest BCUT2D eigenvalue weighted by Gasteiger charge is 2.15. The minimum Gasteiger partial charge on any atom is -0.272 e. The zero-order valence-corrected chi connectivity index (χ0v) is 19.2. The monoisotopic (exact) mass is 473 g/mol. The maximum Gasteiger partial charge on any atom is 0.255 e. The lowest BCUT2D eigenvalue weighted by atomic mass is 10.1. The number of aryl methyl sites for hydroxylation is 1. The minimum atomic E-state index is -3.78. The number of amides is 1. The summed E-state index contributed by atoms with van der Waals surface area (Å²) >= 11 is 0. The number of sulfonamides is 1. The normalized spacial score (nSPS) is 11.6. The number of aromatic nitrogens is 2. The van der Waals surface area contributed by atoms with E-state index in [0.717, 1.165) is 16.8 Å². The van der Waals surface area contributed by atoms with Crippen molar-refractivity contribution in [3.05, 3.63) is 102 Å². The lowest BCUT2D eigenvalue weighted by Crippen LogP contribution is -2.34. The van der Waals surface area contributed by atoms with Gasteiger partial charge in [0.05, 0.1) is 23.3 Å². The van der Waals surface area contributed by atoms with Gasteiger partial charge >= 0.3 is 0 Å². The fourth-order valence-corrected chi connectivity index (χ4v) is 4.19. The predicted molar refractivity (Wildman–Crippen MR) is 131 cm³/mol. The minimum absolute atomic E-state index is 0.0855. The summed E-state index contributed by atoms with van der Waals surface area (Å²) in [4.78, 5) is 12.2. The van der Waals surface area contributed by atoms with E-state index < -0.39 is 22.5 Å². The van der Waals surface area contributed by atoms with Crippen LogP contribution in [-0.2, 0) is 14.8 Å². The van der Waals surface area contributed by atoms with Crippen LogP contribution >= 0.6 is 0 Å². The van der Waals surface area contributed by atoms with Crippen LogP contribution in [0.15, 0.2) is 101 Å². The Kier molecular flexibility index (Phi) is 6.95. The molecule has 1 amide bonds. The molecule has 9 heteroatoms. The molecule has 34 heavy (non-hydrogen) atoms. The second kappa shape index (κ2) is 10.2. The standard InChI is InChI=1S/C25H23N5O3S/c1-19-12-14-20(15-13-19)25-21(18-30(29-25)22-8-4-2-5-9-22)16-26-28-24(31)17-27-34(32,33)23-10-6-3-7-11-23/h2-16,18,27H,17H2,1H3,(H,28,31)/b26-16-. The fraction of sp³-hybridized carbons (Fsp3) is 0.0800. The van der Waals surface area contributed by atoms with Crippen molar-refractivity contribution in [2.24, 2.45) is 5.10 Å². The number of hydrazone groups is 1. The van der Waals surface area contributed by atoms with Crippen molar-refractivity contribution in [2.45, 2.75) is 11.8 Å². The van der Waals surface area contributed by atoms with Gasteiger partial charge in [-0.15, -0.1) is 0 Å². The third-order valence-corrected chi connectivity index (χ3v) is 6.37. The molecule has 0 fully saturated rings. The average Bonchev–Trinajstić information content (AvgIpc) is 3.28. The molecule has 0 saturated heterocycles. The molecule has 0 spiro atoms. The molecule has 0 aliphatic rings. The molecule has 1 heterocycles. The zero-order chi connectivity index (χ0) is 24.0. The molecule has 4 rings (SSSR count). The second-order valence-corrected chi connectivity index (χ2v) is 9.28. The number of nitrogens with zero attached hydrogens (tertiary/aromatic N) is 3. The van der Waals surface area contributed by atoms with Crippen LogP contribution < -0.4 is 10.1 Å². The topological polar surface area (TPSA) is 105 Å². The van der Waals surface area contributed by atoms with Crippen LogP contribution in [0.25, 0.3) is 16.9 Å². The Balaban J connectivity index is 1.49. The number of carbonyl (C=O) groups excluding carboxylic acids is 1. The maximum atomic E-state index is 12.3. The Morgan fingerprint density at radius 1 is 0.971 bits per heavy atom. The van der Waals surface area contributed by atoms with Crippen molar-refractivity contribution in [3.8, 4) is 16.9 Å². The molecule has 0 radical (unpaired) electrons. The van der Waals surface area contributed by atoms with Crippen LogP contribution in [0.3, 0.4) is 0 Å². The lowest BCUT2D eigenvalue weighted by molar-refractivity contribution is -0.119. The van der Waals surface area contributed by atoms with Gasteiger partial charge in [-0.3, -0.25) is 4.79 Å². The molecular weight excluding hydrogens is 450 g/mol. The number of carbonyl (C=O) groups is 1. The van der Waals surface area contributed by atoms with E-state index in [1.54, 1.807) is 22.9 Å². The number of benzene rings is 3. The van der Waals surface area contributed by atoms with Gasteiger partial charge < -0.3 is 0 Å². The summed E-state index contributed by atoms with van der Waals surface area (Å²) in [7, 11) is -3.78. The summed E-state index contributed by atoms with van der Waals surface area (Å²) in [6.45, 7) is 1.57. The van der Waals surface area contributed by atoms with Crippen molar-refractivity contribution in [1.29, 1.82) is 0 Å². The Labute approximate surface area is 198 Å². The number of hydrogen-bond donors (Lipinski definition) is 2. The van der Waals surface area contributed by atoms with Crippen molar-refractivity contribution in [3.63, 3.8) is 0 Å². The molecule has 2 N–H and O–H groups in total. The van der Waals surface area contributed by atoms with E-state index in [4.69, 9.17) is 5.10 Å². The largest absolute Gasteiger partial charge is 0.272 e. The summed E-state index contributed by atoms with van der Waals surface area (Å²) in [6.07, 6.45) is 3.31. The number of nitrogens with one attached hydrogen (secondary N) is 2. The van der Waals surface area contributed by atoms with Crippen LogP contribution in [0.2, 0.25) is 0 Å². The van der Waals surface area contributed by atoms with Gasteiger partial charge in [0.25, 0.3) is 5.91 Å². The van der Waals surface area contributed by atoms with Gasteiger partial charge in [0.15, 0.2) is 0 Å². The van der Waals surface area contributed by atoms with Gasteiger partial charge in [0.2, 0.25) is 10.0 Å². The number of hydrogen-bond acceptors (Lipinski definition) is 5. The van der Waals surface area contributed by atoms with Gasteiger partial charge in [0, 0.05) is 17.3 Å². The summed E-state index contributed by atoms with van der Waals surface area (Å²) < 4.78 is 28.5. The summed E-state index contributed by atoms with van der Waals surface area (Å²) in [5.74, 6) is -0.594. The molecule has 0 bridgehead atoms. The van der Waals surface area contributed by atoms with Crippen molar-refractivity contribution >= 4 is 22.1 Å². The number of para-hydroxylation sites is 1. The van der Waals surface area contributed by atoms with E-state index in [2.05, 4.69) is 15.2 Å². The summed E-state index contributed by atoms with van der Waals surface area (Å²) in [6, 6.07) is 25.4. The van der Waals surface area contributed by atoms with Gasteiger partial charge in [-0.2, -0.15) is 10.2 Å². The molecule has 0 saturated carbocycles. The first-order valence-electron chi connectivity index (χ1n) is 10.5. The third-order valence-electron chi connectivity index (χ3n) is 4.96. The molecule has 0 atom stereocenters. The molecule has 0 unspecified atom stereocenters. The fourth-order valence-electron chi connectivity index (χ4n) is 3.19. The molecule has 3 aromatic carbocycles. The van der Waals surface area contributed by atoms with Crippen molar-refractivity contribution in [2.75, 3.05) is 6.54 Å². The predicted octanol–water partition coefficient (Wildman–Crippen LogP) is 3.28. The molecule has 0 aliphatic carbocycles. The average molecular weight is 474 g/mol. The Hall–Kier alpha value is -4.08. The van der Waals surface area contributed by atoms with Crippen molar-refractivity contribution < 1.29 is 13.2 Å². The molecular formula is C25H23N5O3S. The third kappa shape index (κ3) is 5.64. The van der Waals surface area contributed by atoms with Crippen LogP contribution in [0.1, 0.15) is 11.1 Å². The molecule has 0 aliphatic heterocycles. The highest BCUT2D eigenvalue weighted by atomic mass is 32.2. The van der Waals surface area contributed by atoms with E-state index in [1.165, 1.54) is 18.3 Å². The summed E-state index contributed by atoms with van der Waals surface area (Å²) in [5.41, 5.74) is 6.67. The molecule has 1 aromatic heterocycles. The molecule has 4 aromatic rings. The van der Waals surface area contributed by atoms with E-state index in [1.807, 2.05) is 67.7 Å². The van der Waals surface area contributed by atoms with Crippen LogP contribution in [0, 0.1) is 6.92 Å². The summed E-state index contributed by atoms with van der Waals surface area (Å²) in [5, 5.41) is 8.71. The van der Waals surface area contributed by atoms with Gasteiger partial charge in [-0.25, -0.2) is 23.2 Å². The maximum absolute atomic E-state index is 12.3. The Bertz CT molecular complexity index is 1400. The molecule has 8 nitrogen and oxygen atoms in total. The SMILES string of the molecule is Cc1ccc(-c2nn(-c3ccccc3)cc2/C=N\NC(=O)CNS(=O)(=O)c2ccccc2)cc1. The van der Waals surface area contributed by atoms with Gasteiger partial charge in [0.1, 0.15) is 5.69 Å². The first kappa shape index (κ1) is 23.1. The Morgan fingerprint density at radius 2 is 1.62 bits per heavy atom. The van der Waals surface area contributed by atoms with Gasteiger partial charge in [-0.05, 0) is 31.2 Å². The van der Waals surface area contributed by atoms with E-state index in [9.17, 15) is 13.2 Å². The zero-order valence-electron chi connectivity index (χ0n) is 18.4. The quantitative estimate of drug-likeness (QED) is 0.303. The number of rotatable bonds is 8. The highest BCUT2D eigenvalue weighted by Crippen LogP contribution is 2.23. The second-order valence-electron chi connectivity index (χ2n) is 7.51.